The topological polar surface area (TPSA) is 50.3 Å². The van der Waals surface area contributed by atoms with Gasteiger partial charge >= 0.3 is 0 Å². The number of hydrogen-bond acceptors (Lipinski definition) is 5. The third kappa shape index (κ3) is 2.61. The average Bonchev–Trinajstić information content (AvgIpc) is 2.51. The maximum absolute atomic E-state index is 6.15. The van der Waals surface area contributed by atoms with Crippen LogP contribution in [0.2, 0.25) is 5.15 Å². The van der Waals surface area contributed by atoms with Crippen LogP contribution in [0.3, 0.4) is 0 Å². The van der Waals surface area contributed by atoms with Gasteiger partial charge in [0, 0.05) is 26.2 Å². The molecule has 1 aromatic heterocycles. The molecule has 17 heavy (non-hydrogen) atoms. The summed E-state index contributed by atoms with van der Waals surface area (Å²) in [4.78, 5) is 10.8. The minimum absolute atomic E-state index is 0.309. The maximum Gasteiger partial charge on any atom is 0.239 e. The van der Waals surface area contributed by atoms with Gasteiger partial charge in [-0.15, -0.1) is 0 Å². The molecule has 0 saturated heterocycles. The van der Waals surface area contributed by atoms with E-state index in [0.717, 1.165) is 12.2 Å². The average molecular weight is 257 g/mol. The van der Waals surface area contributed by atoms with Gasteiger partial charge in [0.2, 0.25) is 5.88 Å². The zero-order valence-corrected chi connectivity index (χ0v) is 11.1. The van der Waals surface area contributed by atoms with Crippen LogP contribution in [-0.2, 0) is 6.54 Å². The maximum atomic E-state index is 6.15. The normalized spacial score (nSPS) is 15.1. The lowest BCUT2D eigenvalue weighted by atomic mass is 10.3. The number of anilines is 1. The molecule has 6 heteroatoms. The van der Waals surface area contributed by atoms with Crippen molar-refractivity contribution in [2.45, 2.75) is 26.4 Å². The van der Waals surface area contributed by atoms with Crippen LogP contribution in [0, 0.1) is 0 Å². The highest BCUT2D eigenvalue weighted by Gasteiger charge is 2.19. The Morgan fingerprint density at radius 2 is 2.18 bits per heavy atom. The van der Waals surface area contributed by atoms with E-state index in [2.05, 4.69) is 29.1 Å². The predicted octanol–water partition coefficient (Wildman–Crippen LogP) is 1.46. The molecule has 0 aliphatic carbocycles. The van der Waals surface area contributed by atoms with Gasteiger partial charge in [-0.1, -0.05) is 11.6 Å². The van der Waals surface area contributed by atoms with Crippen molar-refractivity contribution in [3.05, 3.63) is 10.8 Å². The minimum atomic E-state index is 0.309. The molecular weight excluding hydrogens is 240 g/mol. The number of hydrogen-bond donors (Lipinski definition) is 1. The van der Waals surface area contributed by atoms with Crippen LogP contribution >= 0.6 is 11.6 Å². The summed E-state index contributed by atoms with van der Waals surface area (Å²) in [5, 5.41) is 3.63. The number of halogens is 1. The first-order chi connectivity index (χ1) is 8.09. The molecule has 0 radical (unpaired) electrons. The van der Waals surface area contributed by atoms with E-state index in [-0.39, 0.29) is 0 Å². The van der Waals surface area contributed by atoms with E-state index in [4.69, 9.17) is 16.3 Å². The lowest BCUT2D eigenvalue weighted by Crippen LogP contribution is -2.27. The Kier molecular flexibility index (Phi) is 3.69. The second-order valence-electron chi connectivity index (χ2n) is 4.32. The van der Waals surface area contributed by atoms with Gasteiger partial charge in [0.25, 0.3) is 0 Å². The standard InChI is InChI=1S/C11H17ClN4O/c1-7(2)16(3)10-9(12)14-8-6-13-4-5-17-11(8)15-10/h7,13H,4-6H2,1-3H3. The van der Waals surface area contributed by atoms with Crippen LogP contribution < -0.4 is 15.0 Å². The summed E-state index contributed by atoms with van der Waals surface area (Å²) in [6.07, 6.45) is 0. The van der Waals surface area contributed by atoms with E-state index in [1.54, 1.807) is 0 Å². The molecule has 0 amide bonds. The van der Waals surface area contributed by atoms with Gasteiger partial charge in [-0.25, -0.2) is 4.98 Å². The molecule has 1 N–H and O–H groups in total. The number of ether oxygens (including phenoxy) is 1. The predicted molar refractivity (Wildman–Crippen MR) is 67.8 cm³/mol. The van der Waals surface area contributed by atoms with Crippen LogP contribution in [0.4, 0.5) is 5.82 Å². The van der Waals surface area contributed by atoms with Crippen molar-refractivity contribution in [1.82, 2.24) is 15.3 Å². The van der Waals surface area contributed by atoms with E-state index in [1.165, 1.54) is 0 Å². The van der Waals surface area contributed by atoms with Crippen LogP contribution in [0.1, 0.15) is 19.5 Å². The molecule has 0 spiro atoms. The van der Waals surface area contributed by atoms with E-state index < -0.39 is 0 Å². The summed E-state index contributed by atoms with van der Waals surface area (Å²) >= 11 is 6.15. The Morgan fingerprint density at radius 1 is 1.41 bits per heavy atom. The highest BCUT2D eigenvalue weighted by atomic mass is 35.5. The highest BCUT2D eigenvalue weighted by Crippen LogP contribution is 2.27. The molecule has 0 aromatic carbocycles. The first-order valence-electron chi connectivity index (χ1n) is 5.72. The monoisotopic (exact) mass is 256 g/mol. The SMILES string of the molecule is CC(C)N(C)c1nc2c(nc1Cl)CNCCO2. The fourth-order valence-electron chi connectivity index (χ4n) is 1.55. The molecule has 2 heterocycles. The number of fused-ring (bicyclic) bond motifs is 1. The molecule has 2 rings (SSSR count). The molecule has 0 bridgehead atoms. The molecule has 1 aliphatic heterocycles. The fourth-order valence-corrected chi connectivity index (χ4v) is 1.83. The zero-order chi connectivity index (χ0) is 12.4. The summed E-state index contributed by atoms with van der Waals surface area (Å²) in [5.41, 5.74) is 0.772. The number of nitrogens with zero attached hydrogens (tertiary/aromatic N) is 3. The number of rotatable bonds is 2. The lowest BCUT2D eigenvalue weighted by molar-refractivity contribution is 0.313. The third-order valence-electron chi connectivity index (χ3n) is 2.79. The smallest absolute Gasteiger partial charge is 0.239 e. The minimum Gasteiger partial charge on any atom is -0.475 e. The van der Waals surface area contributed by atoms with Crippen molar-refractivity contribution in [3.8, 4) is 5.88 Å². The first kappa shape index (κ1) is 12.4. The molecule has 0 fully saturated rings. The Hall–Kier alpha value is -1.07. The largest absolute Gasteiger partial charge is 0.475 e. The van der Waals surface area contributed by atoms with Crippen molar-refractivity contribution in [3.63, 3.8) is 0 Å². The Labute approximate surface area is 106 Å². The quantitative estimate of drug-likeness (QED) is 0.868. The van der Waals surface area contributed by atoms with Crippen LogP contribution in [0.25, 0.3) is 0 Å². The van der Waals surface area contributed by atoms with E-state index in [1.807, 2.05) is 11.9 Å². The van der Waals surface area contributed by atoms with E-state index >= 15 is 0 Å². The van der Waals surface area contributed by atoms with Crippen molar-refractivity contribution in [1.29, 1.82) is 0 Å². The Balaban J connectivity index is 2.38. The van der Waals surface area contributed by atoms with Crippen LogP contribution in [0.5, 0.6) is 5.88 Å². The van der Waals surface area contributed by atoms with E-state index in [9.17, 15) is 0 Å². The first-order valence-corrected chi connectivity index (χ1v) is 6.10. The third-order valence-corrected chi connectivity index (χ3v) is 3.04. The summed E-state index contributed by atoms with van der Waals surface area (Å²) in [5.74, 6) is 1.25. The number of nitrogens with one attached hydrogen (secondary N) is 1. The molecule has 1 aliphatic rings. The van der Waals surface area contributed by atoms with E-state index in [0.29, 0.717) is 36.0 Å². The van der Waals surface area contributed by atoms with Gasteiger partial charge in [0.05, 0.1) is 0 Å². The van der Waals surface area contributed by atoms with Crippen molar-refractivity contribution in [2.75, 3.05) is 25.1 Å². The summed E-state index contributed by atoms with van der Waals surface area (Å²) in [6, 6.07) is 0.309. The fraction of sp³-hybridized carbons (Fsp3) is 0.636. The van der Waals surface area contributed by atoms with Gasteiger partial charge in [-0.05, 0) is 13.8 Å². The highest BCUT2D eigenvalue weighted by molar-refractivity contribution is 6.31. The van der Waals surface area contributed by atoms with Crippen molar-refractivity contribution in [2.24, 2.45) is 0 Å². The summed E-state index contributed by atoms with van der Waals surface area (Å²) in [7, 11) is 1.95. The molecule has 1 aromatic rings. The summed E-state index contributed by atoms with van der Waals surface area (Å²) in [6.45, 7) is 6.20. The van der Waals surface area contributed by atoms with Gasteiger partial charge in [0.15, 0.2) is 11.0 Å². The van der Waals surface area contributed by atoms with Gasteiger partial charge in [-0.3, -0.25) is 0 Å². The van der Waals surface area contributed by atoms with Gasteiger partial charge in [0.1, 0.15) is 12.3 Å². The second-order valence-corrected chi connectivity index (χ2v) is 4.68. The molecule has 0 atom stereocenters. The van der Waals surface area contributed by atoms with Crippen molar-refractivity contribution >= 4 is 17.4 Å². The molecule has 0 unspecified atom stereocenters. The van der Waals surface area contributed by atoms with Crippen molar-refractivity contribution < 1.29 is 4.74 Å². The van der Waals surface area contributed by atoms with Crippen LogP contribution in [0.15, 0.2) is 0 Å². The zero-order valence-electron chi connectivity index (χ0n) is 10.3. The van der Waals surface area contributed by atoms with Crippen LogP contribution in [-0.4, -0.2) is 36.2 Å². The van der Waals surface area contributed by atoms with Gasteiger partial charge < -0.3 is 15.0 Å². The molecular formula is C11H17ClN4O. The molecule has 5 nitrogen and oxygen atoms in total. The number of aromatic nitrogens is 2. The molecule has 94 valence electrons. The Morgan fingerprint density at radius 3 is 2.88 bits per heavy atom. The van der Waals surface area contributed by atoms with Gasteiger partial charge in [-0.2, -0.15) is 4.98 Å². The lowest BCUT2D eigenvalue weighted by Gasteiger charge is -2.23. The Bertz CT molecular complexity index is 411. The molecule has 0 saturated carbocycles. The summed E-state index contributed by atoms with van der Waals surface area (Å²) < 4.78 is 5.55. The second kappa shape index (κ2) is 5.06.